The van der Waals surface area contributed by atoms with Crippen molar-refractivity contribution in [2.24, 2.45) is 0 Å². The Balaban J connectivity index is 0.00000144. The van der Waals surface area contributed by atoms with Crippen molar-refractivity contribution in [3.8, 4) is 0 Å². The topological polar surface area (TPSA) is 37.4 Å². The van der Waals surface area contributed by atoms with Gasteiger partial charge in [-0.3, -0.25) is 14.5 Å². The van der Waals surface area contributed by atoms with Crippen molar-refractivity contribution in [3.05, 3.63) is 35.9 Å². The second-order valence-electron chi connectivity index (χ2n) is 2.37. The first kappa shape index (κ1) is 11.6. The molecule has 2 amide bonds. The molecule has 0 fully saturated rings. The van der Waals surface area contributed by atoms with Crippen LogP contribution in [0.1, 0.15) is 5.56 Å². The lowest BCUT2D eigenvalue weighted by atomic mass is 10.2. The Morgan fingerprint density at radius 2 is 1.62 bits per heavy atom. The lowest BCUT2D eigenvalue weighted by Crippen LogP contribution is -2.18. The summed E-state index contributed by atoms with van der Waals surface area (Å²) in [6.45, 7) is 0.341. The number of amides is 2. The number of imide groups is 1. The van der Waals surface area contributed by atoms with Gasteiger partial charge in [0.15, 0.2) is 0 Å². The first-order chi connectivity index (χ1) is 5.86. The van der Waals surface area contributed by atoms with E-state index in [1.54, 1.807) is 0 Å². The Morgan fingerprint density at radius 1 is 1.08 bits per heavy atom. The second kappa shape index (κ2) is 6.20. The maximum Gasteiger partial charge on any atom is 0.216 e. The number of benzene rings is 1. The largest absolute Gasteiger partial charge is 0.283 e. The lowest BCUT2D eigenvalue weighted by Gasteiger charge is -2.07. The van der Waals surface area contributed by atoms with Gasteiger partial charge in [0.05, 0.1) is 6.54 Å². The predicted molar refractivity (Wildman–Crippen MR) is 51.4 cm³/mol. The van der Waals surface area contributed by atoms with E-state index < -0.39 is 0 Å². The van der Waals surface area contributed by atoms with Crippen molar-refractivity contribution in [1.82, 2.24) is 4.90 Å². The molecular formula is C9H10ClNO2. The highest BCUT2D eigenvalue weighted by molar-refractivity contribution is 5.85. The third-order valence-electron chi connectivity index (χ3n) is 1.48. The van der Waals surface area contributed by atoms with E-state index in [9.17, 15) is 9.59 Å². The first-order valence-corrected chi connectivity index (χ1v) is 3.57. The number of hydrogen-bond acceptors (Lipinski definition) is 2. The third-order valence-corrected chi connectivity index (χ3v) is 1.48. The van der Waals surface area contributed by atoms with Gasteiger partial charge in [-0.15, -0.1) is 12.4 Å². The monoisotopic (exact) mass is 199 g/mol. The molecule has 1 rings (SSSR count). The van der Waals surface area contributed by atoms with Gasteiger partial charge in [0.2, 0.25) is 12.8 Å². The van der Waals surface area contributed by atoms with E-state index in [0.29, 0.717) is 19.4 Å². The number of carbonyl (C=O) groups excluding carboxylic acids is 2. The molecule has 0 saturated heterocycles. The van der Waals surface area contributed by atoms with Crippen LogP contribution in [-0.4, -0.2) is 17.7 Å². The average molecular weight is 200 g/mol. The van der Waals surface area contributed by atoms with Gasteiger partial charge >= 0.3 is 0 Å². The van der Waals surface area contributed by atoms with Gasteiger partial charge in [-0.1, -0.05) is 30.3 Å². The van der Waals surface area contributed by atoms with Crippen LogP contribution in [0.2, 0.25) is 0 Å². The van der Waals surface area contributed by atoms with Crippen LogP contribution < -0.4 is 0 Å². The molecule has 13 heavy (non-hydrogen) atoms. The quantitative estimate of drug-likeness (QED) is 0.684. The fourth-order valence-electron chi connectivity index (χ4n) is 0.894. The second-order valence-corrected chi connectivity index (χ2v) is 2.37. The molecule has 0 aliphatic rings. The van der Waals surface area contributed by atoms with Gasteiger partial charge in [-0.25, -0.2) is 0 Å². The molecule has 0 N–H and O–H groups in total. The van der Waals surface area contributed by atoms with Gasteiger partial charge in [-0.05, 0) is 5.56 Å². The molecule has 70 valence electrons. The van der Waals surface area contributed by atoms with Gasteiger partial charge in [0.1, 0.15) is 0 Å². The lowest BCUT2D eigenvalue weighted by molar-refractivity contribution is -0.129. The van der Waals surface area contributed by atoms with E-state index in [1.165, 1.54) is 0 Å². The summed E-state index contributed by atoms with van der Waals surface area (Å²) in [4.78, 5) is 21.5. The van der Waals surface area contributed by atoms with Crippen LogP contribution >= 0.6 is 12.4 Å². The Labute approximate surface area is 82.8 Å². The molecule has 1 aromatic rings. The molecule has 3 nitrogen and oxygen atoms in total. The van der Waals surface area contributed by atoms with Gasteiger partial charge in [-0.2, -0.15) is 0 Å². The molecule has 0 aromatic heterocycles. The Bertz CT molecular complexity index is 256. The van der Waals surface area contributed by atoms with Crippen molar-refractivity contribution >= 4 is 25.2 Å². The van der Waals surface area contributed by atoms with E-state index in [4.69, 9.17) is 0 Å². The smallest absolute Gasteiger partial charge is 0.216 e. The number of halogens is 1. The summed E-state index contributed by atoms with van der Waals surface area (Å²) in [6.07, 6.45) is 1.03. The Morgan fingerprint density at radius 3 is 2.08 bits per heavy atom. The number of hydrogen-bond donors (Lipinski definition) is 0. The highest BCUT2D eigenvalue weighted by Gasteiger charge is 1.98. The maximum atomic E-state index is 10.2. The number of carbonyl (C=O) groups is 2. The van der Waals surface area contributed by atoms with Crippen molar-refractivity contribution < 1.29 is 9.59 Å². The van der Waals surface area contributed by atoms with E-state index >= 15 is 0 Å². The average Bonchev–Trinajstić information content (AvgIpc) is 2.16. The molecule has 4 heteroatoms. The van der Waals surface area contributed by atoms with E-state index in [1.807, 2.05) is 30.3 Å². The van der Waals surface area contributed by atoms with Gasteiger partial charge in [0.25, 0.3) is 0 Å². The molecule has 0 unspecified atom stereocenters. The molecule has 0 radical (unpaired) electrons. The predicted octanol–water partition coefficient (Wildman–Crippen LogP) is 1.22. The summed E-state index contributed by atoms with van der Waals surface area (Å²) in [5.74, 6) is 0. The summed E-state index contributed by atoms with van der Waals surface area (Å²) in [7, 11) is 0. The van der Waals surface area contributed by atoms with E-state index in [-0.39, 0.29) is 12.4 Å². The van der Waals surface area contributed by atoms with Crippen LogP contribution in [0.25, 0.3) is 0 Å². The molecule has 0 atom stereocenters. The normalized spacial score (nSPS) is 8.31. The van der Waals surface area contributed by atoms with Gasteiger partial charge < -0.3 is 0 Å². The molecule has 0 bridgehead atoms. The molecule has 0 aliphatic carbocycles. The van der Waals surface area contributed by atoms with E-state index in [2.05, 4.69) is 0 Å². The fourth-order valence-corrected chi connectivity index (χ4v) is 0.894. The van der Waals surface area contributed by atoms with Gasteiger partial charge in [0, 0.05) is 0 Å². The Kier molecular flexibility index (Phi) is 5.55. The Hall–Kier alpha value is -1.35. The molecular weight excluding hydrogens is 190 g/mol. The zero-order valence-electron chi connectivity index (χ0n) is 6.92. The van der Waals surface area contributed by atoms with Crippen LogP contribution in [0.5, 0.6) is 0 Å². The van der Waals surface area contributed by atoms with Crippen molar-refractivity contribution in [2.45, 2.75) is 6.54 Å². The minimum absolute atomic E-state index is 0. The molecule has 1 aromatic carbocycles. The fraction of sp³-hybridized carbons (Fsp3) is 0.111. The first-order valence-electron chi connectivity index (χ1n) is 3.57. The number of rotatable bonds is 4. The standard InChI is InChI=1S/C9H9NO2.ClH/c11-7-10(8-12)6-9-4-2-1-3-5-9;/h1-5,7-8H,6H2;1H. The highest BCUT2D eigenvalue weighted by atomic mass is 35.5. The van der Waals surface area contributed by atoms with Crippen LogP contribution in [-0.2, 0) is 16.1 Å². The van der Waals surface area contributed by atoms with Crippen LogP contribution in [0, 0.1) is 0 Å². The van der Waals surface area contributed by atoms with Crippen molar-refractivity contribution in [2.75, 3.05) is 0 Å². The summed E-state index contributed by atoms with van der Waals surface area (Å²) >= 11 is 0. The zero-order valence-corrected chi connectivity index (χ0v) is 7.74. The zero-order chi connectivity index (χ0) is 8.81. The maximum absolute atomic E-state index is 10.2. The summed E-state index contributed by atoms with van der Waals surface area (Å²) in [6, 6.07) is 9.34. The number of nitrogens with zero attached hydrogens (tertiary/aromatic N) is 1. The molecule has 0 heterocycles. The highest BCUT2D eigenvalue weighted by Crippen LogP contribution is 2.00. The van der Waals surface area contributed by atoms with Crippen molar-refractivity contribution in [1.29, 1.82) is 0 Å². The molecule has 0 spiro atoms. The SMILES string of the molecule is Cl.O=CN(C=O)Cc1ccccc1. The van der Waals surface area contributed by atoms with E-state index in [0.717, 1.165) is 10.5 Å². The van der Waals surface area contributed by atoms with Crippen LogP contribution in [0.4, 0.5) is 0 Å². The molecule has 0 saturated carbocycles. The summed E-state index contributed by atoms with van der Waals surface area (Å²) < 4.78 is 0. The summed E-state index contributed by atoms with van der Waals surface area (Å²) in [5, 5.41) is 0. The minimum atomic E-state index is 0. The summed E-state index contributed by atoms with van der Waals surface area (Å²) in [5.41, 5.74) is 0.941. The molecule has 0 aliphatic heterocycles. The van der Waals surface area contributed by atoms with Crippen LogP contribution in [0.15, 0.2) is 30.3 Å². The minimum Gasteiger partial charge on any atom is -0.283 e. The van der Waals surface area contributed by atoms with Crippen LogP contribution in [0.3, 0.4) is 0 Å². The van der Waals surface area contributed by atoms with Crippen molar-refractivity contribution in [3.63, 3.8) is 0 Å². The third kappa shape index (κ3) is 3.71.